The number of phenolic OH excluding ortho intramolecular Hbond substituents is 1. The van der Waals surface area contributed by atoms with Crippen LogP contribution in [-0.2, 0) is 20.8 Å². The van der Waals surface area contributed by atoms with Gasteiger partial charge in [-0.1, -0.05) is 91.9 Å². The fourth-order valence-electron chi connectivity index (χ4n) is 4.38. The summed E-state index contributed by atoms with van der Waals surface area (Å²) in [6.45, 7) is 2.12. The van der Waals surface area contributed by atoms with Gasteiger partial charge in [0, 0.05) is 17.7 Å². The molecule has 3 N–H and O–H groups in total. The highest BCUT2D eigenvalue weighted by atomic mass is 33.1. The molecule has 1 saturated heterocycles. The van der Waals surface area contributed by atoms with Crippen LogP contribution in [0.25, 0.3) is 0 Å². The number of carbonyl (C=O) groups is 3. The first-order chi connectivity index (χ1) is 17.9. The monoisotopic (exact) mass is 562 g/mol. The van der Waals surface area contributed by atoms with E-state index in [9.17, 15) is 24.6 Å². The number of carboxylic acid groups (broad SMARTS) is 1. The molecule has 7 nitrogen and oxygen atoms in total. The van der Waals surface area contributed by atoms with Crippen molar-refractivity contribution in [3.05, 3.63) is 65.7 Å². The molecule has 3 rings (SSSR count). The predicted molar refractivity (Wildman–Crippen MR) is 153 cm³/mol. The van der Waals surface area contributed by atoms with Gasteiger partial charge in [0.1, 0.15) is 23.2 Å². The van der Waals surface area contributed by atoms with Gasteiger partial charge in [-0.05, 0) is 18.1 Å². The Morgan fingerprint density at radius 2 is 1.81 bits per heavy atom. The zero-order valence-corrected chi connectivity index (χ0v) is 23.3. The van der Waals surface area contributed by atoms with Gasteiger partial charge < -0.3 is 20.4 Å². The SMILES string of the molecule is CCCCCCC(SS)C(=O)N1C(C(=O)NC(Cc2ccccc2)C(=O)O)CSC1c1ccccc1O. The van der Waals surface area contributed by atoms with Crippen LogP contribution in [0.1, 0.15) is 55.5 Å². The minimum absolute atomic E-state index is 0.0457. The van der Waals surface area contributed by atoms with E-state index in [0.717, 1.165) is 42.0 Å². The van der Waals surface area contributed by atoms with E-state index >= 15 is 0 Å². The van der Waals surface area contributed by atoms with Crippen LogP contribution < -0.4 is 5.32 Å². The lowest BCUT2D eigenvalue weighted by Crippen LogP contribution is -2.54. The third-order valence-corrected chi connectivity index (χ3v) is 9.14. The van der Waals surface area contributed by atoms with Crippen LogP contribution >= 0.6 is 34.2 Å². The van der Waals surface area contributed by atoms with Crippen molar-refractivity contribution < 1.29 is 24.6 Å². The minimum Gasteiger partial charge on any atom is -0.508 e. The Balaban J connectivity index is 1.84. The van der Waals surface area contributed by atoms with E-state index in [0.29, 0.717) is 12.0 Å². The van der Waals surface area contributed by atoms with Crippen LogP contribution in [0.2, 0.25) is 0 Å². The molecular formula is C27H34N2O5S3. The summed E-state index contributed by atoms with van der Waals surface area (Å²) >= 11 is 5.75. The fraction of sp³-hybridized carbons (Fsp3) is 0.444. The summed E-state index contributed by atoms with van der Waals surface area (Å²) in [7, 11) is 1.16. The van der Waals surface area contributed by atoms with Gasteiger partial charge in [-0.2, -0.15) is 0 Å². The topological polar surface area (TPSA) is 107 Å². The van der Waals surface area contributed by atoms with E-state index in [-0.39, 0.29) is 23.8 Å². The summed E-state index contributed by atoms with van der Waals surface area (Å²) in [5.74, 6) is -1.56. The first-order valence-corrected chi connectivity index (χ1v) is 15.4. The van der Waals surface area contributed by atoms with Crippen molar-refractivity contribution >= 4 is 52.0 Å². The maximum atomic E-state index is 13.8. The van der Waals surface area contributed by atoms with E-state index < -0.39 is 34.6 Å². The molecule has 1 fully saturated rings. The summed E-state index contributed by atoms with van der Waals surface area (Å²) in [6.07, 6.45) is 4.81. The molecule has 0 bridgehead atoms. The van der Waals surface area contributed by atoms with E-state index in [1.165, 1.54) is 16.7 Å². The number of aromatic hydroxyl groups is 1. The van der Waals surface area contributed by atoms with Crippen molar-refractivity contribution in [2.45, 2.75) is 68.2 Å². The van der Waals surface area contributed by atoms with Crippen molar-refractivity contribution in [3.63, 3.8) is 0 Å². The second-order valence-electron chi connectivity index (χ2n) is 9.04. The molecule has 1 aliphatic heterocycles. The molecule has 2 aromatic carbocycles. The smallest absolute Gasteiger partial charge is 0.326 e. The predicted octanol–water partition coefficient (Wildman–Crippen LogP) is 5.06. The maximum Gasteiger partial charge on any atom is 0.326 e. The number of carbonyl (C=O) groups excluding carboxylic acids is 2. The summed E-state index contributed by atoms with van der Waals surface area (Å²) in [5, 5.41) is 21.9. The van der Waals surface area contributed by atoms with Gasteiger partial charge in [0.15, 0.2) is 0 Å². The fourth-order valence-corrected chi connectivity index (χ4v) is 6.91. The number of hydrogen-bond donors (Lipinski definition) is 4. The number of nitrogens with zero attached hydrogens (tertiary/aromatic N) is 1. The standard InChI is InChI=1S/C27H34N2O5S3/c1-2-3-4-8-15-23(37-35)25(32)29-21(17-36-26(29)19-13-9-10-14-22(19)30)24(31)28-20(27(33)34)16-18-11-6-5-7-12-18/h5-7,9-14,20-21,23,26,30,35H,2-4,8,15-17H2,1H3,(H,28,31)(H,33,34). The highest BCUT2D eigenvalue weighted by molar-refractivity contribution is 8.69. The van der Waals surface area contributed by atoms with Crippen LogP contribution in [0.15, 0.2) is 54.6 Å². The van der Waals surface area contributed by atoms with Gasteiger partial charge in [-0.15, -0.1) is 23.4 Å². The zero-order chi connectivity index (χ0) is 26.8. The number of para-hydroxylation sites is 1. The molecular weight excluding hydrogens is 529 g/mol. The summed E-state index contributed by atoms with van der Waals surface area (Å²) in [6, 6.07) is 13.9. The molecule has 4 atom stereocenters. The Morgan fingerprint density at radius 3 is 2.46 bits per heavy atom. The molecule has 37 heavy (non-hydrogen) atoms. The number of carboxylic acids is 1. The number of amides is 2. The number of unbranched alkanes of at least 4 members (excludes halogenated alkanes) is 3. The van der Waals surface area contributed by atoms with Gasteiger partial charge >= 0.3 is 5.97 Å². The van der Waals surface area contributed by atoms with Crippen LogP contribution in [0.5, 0.6) is 5.75 Å². The quantitative estimate of drug-likeness (QED) is 0.154. The summed E-state index contributed by atoms with van der Waals surface area (Å²) < 4.78 is 0. The van der Waals surface area contributed by atoms with Crippen molar-refractivity contribution in [1.82, 2.24) is 10.2 Å². The second kappa shape index (κ2) is 14.6. The third-order valence-electron chi connectivity index (χ3n) is 6.38. The third kappa shape index (κ3) is 7.85. The molecule has 2 amide bonds. The van der Waals surface area contributed by atoms with Gasteiger partial charge in [-0.3, -0.25) is 9.59 Å². The molecule has 0 saturated carbocycles. The number of benzene rings is 2. The molecule has 200 valence electrons. The van der Waals surface area contributed by atoms with Gasteiger partial charge in [0.25, 0.3) is 0 Å². The van der Waals surface area contributed by atoms with Gasteiger partial charge in [0.2, 0.25) is 11.8 Å². The maximum absolute atomic E-state index is 13.8. The van der Waals surface area contributed by atoms with Crippen molar-refractivity contribution in [2.75, 3.05) is 5.75 Å². The van der Waals surface area contributed by atoms with Gasteiger partial charge in [-0.25, -0.2) is 4.79 Å². The Hall–Kier alpha value is -2.30. The van der Waals surface area contributed by atoms with Crippen LogP contribution in [0.3, 0.4) is 0 Å². The van der Waals surface area contributed by atoms with Crippen molar-refractivity contribution in [2.24, 2.45) is 0 Å². The number of nitrogens with one attached hydrogen (secondary N) is 1. The van der Waals surface area contributed by atoms with Crippen molar-refractivity contribution in [1.29, 1.82) is 0 Å². The molecule has 1 heterocycles. The average molecular weight is 563 g/mol. The number of hydrogen-bond acceptors (Lipinski definition) is 7. The van der Waals surface area contributed by atoms with Crippen LogP contribution in [0, 0.1) is 0 Å². The molecule has 4 unspecified atom stereocenters. The van der Waals surface area contributed by atoms with E-state index in [4.69, 9.17) is 0 Å². The Labute approximate surface area is 231 Å². The highest BCUT2D eigenvalue weighted by Crippen LogP contribution is 2.45. The summed E-state index contributed by atoms with van der Waals surface area (Å²) in [5.41, 5.74) is 1.33. The minimum atomic E-state index is -1.14. The Morgan fingerprint density at radius 1 is 1.11 bits per heavy atom. The molecule has 10 heteroatoms. The Kier molecular flexibility index (Phi) is 11.5. The molecule has 2 aromatic rings. The number of thioether (sulfide) groups is 1. The summed E-state index contributed by atoms with van der Waals surface area (Å²) in [4.78, 5) is 40.8. The first-order valence-electron chi connectivity index (χ1n) is 12.5. The van der Waals surface area contributed by atoms with E-state index in [1.807, 2.05) is 30.3 Å². The first kappa shape index (κ1) is 29.3. The van der Waals surface area contributed by atoms with Crippen LogP contribution in [-0.4, -0.2) is 56.0 Å². The van der Waals surface area contributed by atoms with Crippen molar-refractivity contribution in [3.8, 4) is 5.75 Å². The Bertz CT molecular complexity index is 1060. The van der Waals surface area contributed by atoms with E-state index in [2.05, 4.69) is 23.9 Å². The second-order valence-corrected chi connectivity index (χ2v) is 11.6. The molecule has 0 radical (unpaired) electrons. The van der Waals surface area contributed by atoms with Crippen LogP contribution in [0.4, 0.5) is 0 Å². The molecule has 0 spiro atoms. The molecule has 0 aromatic heterocycles. The average Bonchev–Trinajstić information content (AvgIpc) is 3.34. The molecule has 0 aliphatic carbocycles. The lowest BCUT2D eigenvalue weighted by Gasteiger charge is -2.32. The number of rotatable bonds is 13. The number of phenols is 1. The normalized spacial score (nSPS) is 18.8. The highest BCUT2D eigenvalue weighted by Gasteiger charge is 2.45. The molecule has 1 aliphatic rings. The number of thiol groups is 1. The number of aliphatic carboxylic acids is 1. The lowest BCUT2D eigenvalue weighted by molar-refractivity contribution is -0.144. The lowest BCUT2D eigenvalue weighted by atomic mass is 10.0. The zero-order valence-electron chi connectivity index (χ0n) is 20.8. The van der Waals surface area contributed by atoms with Gasteiger partial charge in [0.05, 0.1) is 5.25 Å². The van der Waals surface area contributed by atoms with E-state index in [1.54, 1.807) is 24.3 Å². The largest absolute Gasteiger partial charge is 0.508 e.